The summed E-state index contributed by atoms with van der Waals surface area (Å²) < 4.78 is 30.3. The molecule has 3 aliphatic rings. The summed E-state index contributed by atoms with van der Waals surface area (Å²) in [6, 6.07) is 14.4. The van der Waals surface area contributed by atoms with Gasteiger partial charge in [-0.15, -0.1) is 11.3 Å². The number of hydrogen-bond donors (Lipinski definition) is 1. The zero-order valence-electron chi connectivity index (χ0n) is 19.3. The first-order chi connectivity index (χ1) is 15.8. The fraction of sp³-hybridized carbons (Fsp3) is 0.458. The Morgan fingerprint density at radius 3 is 2.64 bits per heavy atom. The molecule has 176 valence electrons. The van der Waals surface area contributed by atoms with Crippen molar-refractivity contribution in [1.29, 1.82) is 0 Å². The van der Waals surface area contributed by atoms with Crippen molar-refractivity contribution < 1.29 is 8.42 Å². The molecule has 0 radical (unpaired) electrons. The van der Waals surface area contributed by atoms with Gasteiger partial charge in [0.05, 0.1) is 5.69 Å². The van der Waals surface area contributed by atoms with Gasteiger partial charge < -0.3 is 4.90 Å². The van der Waals surface area contributed by atoms with Gasteiger partial charge in [-0.05, 0) is 54.9 Å². The van der Waals surface area contributed by atoms with Crippen LogP contribution in [-0.2, 0) is 17.1 Å². The number of piperidine rings is 3. The number of aryl methyl sites for hydroxylation is 1. The predicted octanol–water partition coefficient (Wildman–Crippen LogP) is 3.37. The van der Waals surface area contributed by atoms with Crippen LogP contribution in [0.2, 0.25) is 0 Å². The van der Waals surface area contributed by atoms with E-state index in [1.165, 1.54) is 22.7 Å². The lowest BCUT2D eigenvalue weighted by molar-refractivity contribution is 0.0306. The first kappa shape index (κ1) is 22.6. The predicted molar refractivity (Wildman–Crippen MR) is 133 cm³/mol. The molecule has 1 unspecified atom stereocenters. The molecule has 9 heteroatoms. The lowest BCUT2D eigenvalue weighted by Crippen LogP contribution is -2.56. The van der Waals surface area contributed by atoms with Crippen LogP contribution in [0.25, 0.3) is 11.3 Å². The molecule has 3 saturated heterocycles. The van der Waals surface area contributed by atoms with Gasteiger partial charge in [-0.1, -0.05) is 18.2 Å². The minimum atomic E-state index is -3.42. The number of hydrogen-bond acceptors (Lipinski definition) is 6. The highest BCUT2D eigenvalue weighted by molar-refractivity contribution is 7.91. The molecule has 7 nitrogen and oxygen atoms in total. The van der Waals surface area contributed by atoms with E-state index in [9.17, 15) is 8.42 Å². The Balaban J connectivity index is 1.28. The Morgan fingerprint density at radius 1 is 1.21 bits per heavy atom. The lowest BCUT2D eigenvalue weighted by Gasteiger charge is -2.49. The zero-order valence-corrected chi connectivity index (χ0v) is 20.9. The Kier molecular flexibility index (Phi) is 6.07. The van der Waals surface area contributed by atoms with E-state index in [0.29, 0.717) is 22.6 Å². The normalized spacial score (nSPS) is 24.8. The van der Waals surface area contributed by atoms with Crippen molar-refractivity contribution in [3.63, 3.8) is 0 Å². The first-order valence-corrected chi connectivity index (χ1v) is 13.8. The van der Waals surface area contributed by atoms with E-state index in [1.807, 2.05) is 25.8 Å². The van der Waals surface area contributed by atoms with Gasteiger partial charge in [0.1, 0.15) is 4.21 Å². The van der Waals surface area contributed by atoms with Gasteiger partial charge in [0, 0.05) is 63.1 Å². The van der Waals surface area contributed by atoms with E-state index >= 15 is 0 Å². The van der Waals surface area contributed by atoms with Gasteiger partial charge in [-0.25, -0.2) is 13.1 Å². The molecule has 0 amide bonds. The van der Waals surface area contributed by atoms with Crippen molar-refractivity contribution in [2.24, 2.45) is 13.0 Å². The second kappa shape index (κ2) is 8.87. The van der Waals surface area contributed by atoms with Crippen LogP contribution in [0.15, 0.2) is 52.1 Å². The highest BCUT2D eigenvalue weighted by atomic mass is 32.2. The number of benzene rings is 1. The topological polar surface area (TPSA) is 70.5 Å². The summed E-state index contributed by atoms with van der Waals surface area (Å²) in [5, 5.41) is 6.62. The maximum atomic E-state index is 12.5. The number of nitrogens with one attached hydrogen (secondary N) is 1. The maximum Gasteiger partial charge on any atom is 0.250 e. The standard InChI is InChI=1S/C24H31N5O2S2/c1-27(2)19-8-6-17(7-9-19)22-14-23(28(3)26-22)21-16-29-11-10-18(21)13-20(29)15-25-33(30,31)24-5-4-12-32-24/h4-9,12,14,18,20-21,25H,10-11,13,15-16H2,1-3H3/t18-,20+,21+/m0/s1. The molecule has 0 aliphatic carbocycles. The zero-order chi connectivity index (χ0) is 23.2. The molecule has 3 aromatic rings. The molecule has 2 bridgehead atoms. The van der Waals surface area contributed by atoms with Crippen LogP contribution < -0.4 is 9.62 Å². The van der Waals surface area contributed by atoms with Crippen LogP contribution in [0, 0.1) is 5.92 Å². The smallest absolute Gasteiger partial charge is 0.250 e. The van der Waals surface area contributed by atoms with E-state index in [0.717, 1.165) is 37.2 Å². The molecule has 1 aromatic carbocycles. The summed E-state index contributed by atoms with van der Waals surface area (Å²) in [6.45, 7) is 2.45. The molecule has 6 rings (SSSR count). The van der Waals surface area contributed by atoms with Crippen molar-refractivity contribution in [2.75, 3.05) is 38.6 Å². The molecule has 2 aromatic heterocycles. The average molecular weight is 486 g/mol. The van der Waals surface area contributed by atoms with Gasteiger partial charge in [0.15, 0.2) is 0 Å². The molecule has 33 heavy (non-hydrogen) atoms. The maximum absolute atomic E-state index is 12.5. The number of aromatic nitrogens is 2. The SMILES string of the molecule is CN(C)c1ccc(-c2cc([C@@H]3CN4CC[C@H]3C[C@@H]4CNS(=O)(=O)c3cccs3)n(C)n2)cc1. The average Bonchev–Trinajstić information content (AvgIpc) is 3.49. The van der Waals surface area contributed by atoms with E-state index in [1.54, 1.807) is 17.5 Å². The first-order valence-electron chi connectivity index (χ1n) is 11.4. The quantitative estimate of drug-likeness (QED) is 0.556. The largest absolute Gasteiger partial charge is 0.378 e. The summed E-state index contributed by atoms with van der Waals surface area (Å²) >= 11 is 1.26. The minimum Gasteiger partial charge on any atom is -0.378 e. The minimum absolute atomic E-state index is 0.251. The molecule has 3 fully saturated rings. The van der Waals surface area contributed by atoms with E-state index < -0.39 is 10.0 Å². The Labute approximate surface area is 200 Å². The van der Waals surface area contributed by atoms with Crippen LogP contribution in [0.4, 0.5) is 5.69 Å². The van der Waals surface area contributed by atoms with E-state index in [-0.39, 0.29) is 6.04 Å². The third-order valence-electron chi connectivity index (χ3n) is 7.12. The Bertz CT molecular complexity index is 1200. The number of rotatable bonds is 7. The summed E-state index contributed by atoms with van der Waals surface area (Å²) in [4.78, 5) is 4.55. The fourth-order valence-electron chi connectivity index (χ4n) is 5.28. The van der Waals surface area contributed by atoms with Crippen molar-refractivity contribution in [3.8, 4) is 11.3 Å². The van der Waals surface area contributed by atoms with Crippen LogP contribution in [0.3, 0.4) is 0 Å². The second-order valence-electron chi connectivity index (χ2n) is 9.34. The van der Waals surface area contributed by atoms with Gasteiger partial charge >= 0.3 is 0 Å². The summed E-state index contributed by atoms with van der Waals surface area (Å²) in [5.74, 6) is 0.974. The molecular weight excluding hydrogens is 454 g/mol. The number of fused-ring (bicyclic) bond motifs is 3. The van der Waals surface area contributed by atoms with E-state index in [4.69, 9.17) is 5.10 Å². The van der Waals surface area contributed by atoms with Crippen LogP contribution in [0.5, 0.6) is 0 Å². The third kappa shape index (κ3) is 4.47. The molecule has 5 heterocycles. The molecule has 0 saturated carbocycles. The number of sulfonamides is 1. The number of anilines is 1. The molecular formula is C24H31N5O2S2. The van der Waals surface area contributed by atoms with Crippen molar-refractivity contribution in [2.45, 2.75) is 29.0 Å². The second-order valence-corrected chi connectivity index (χ2v) is 12.3. The van der Waals surface area contributed by atoms with Gasteiger partial charge in [-0.2, -0.15) is 5.10 Å². The summed E-state index contributed by atoms with van der Waals surface area (Å²) in [6.07, 6.45) is 2.16. The monoisotopic (exact) mass is 485 g/mol. The van der Waals surface area contributed by atoms with Gasteiger partial charge in [-0.3, -0.25) is 9.58 Å². The van der Waals surface area contributed by atoms with Gasteiger partial charge in [0.25, 0.3) is 0 Å². The highest BCUT2D eigenvalue weighted by Gasteiger charge is 2.42. The summed E-state index contributed by atoms with van der Waals surface area (Å²) in [7, 11) is 2.71. The fourth-order valence-corrected chi connectivity index (χ4v) is 7.39. The number of nitrogens with zero attached hydrogens (tertiary/aromatic N) is 4. The Hall–Kier alpha value is -2.20. The lowest BCUT2D eigenvalue weighted by atomic mass is 9.74. The molecule has 1 N–H and O–H groups in total. The van der Waals surface area contributed by atoms with Crippen LogP contribution >= 0.6 is 11.3 Å². The van der Waals surface area contributed by atoms with Crippen molar-refractivity contribution in [1.82, 2.24) is 19.4 Å². The highest BCUT2D eigenvalue weighted by Crippen LogP contribution is 2.42. The van der Waals surface area contributed by atoms with Gasteiger partial charge in [0.2, 0.25) is 10.0 Å². The Morgan fingerprint density at radius 2 is 2.00 bits per heavy atom. The summed E-state index contributed by atoms with van der Waals surface area (Å²) in [5.41, 5.74) is 4.58. The molecule has 4 atom stereocenters. The van der Waals surface area contributed by atoms with Crippen molar-refractivity contribution >= 4 is 27.0 Å². The van der Waals surface area contributed by atoms with Crippen LogP contribution in [0.1, 0.15) is 24.5 Å². The molecule has 0 spiro atoms. The third-order valence-corrected chi connectivity index (χ3v) is 9.94. The van der Waals surface area contributed by atoms with E-state index in [2.05, 4.69) is 44.9 Å². The van der Waals surface area contributed by atoms with Crippen molar-refractivity contribution in [3.05, 3.63) is 53.5 Å². The molecule has 3 aliphatic heterocycles. The van der Waals surface area contributed by atoms with Crippen LogP contribution in [-0.4, -0.2) is 62.9 Å². The number of thiophene rings is 1.